The summed E-state index contributed by atoms with van der Waals surface area (Å²) in [4.78, 5) is 24.2. The van der Waals surface area contributed by atoms with E-state index in [1.165, 1.54) is 25.3 Å². The fourth-order valence-electron chi connectivity index (χ4n) is 3.12. The van der Waals surface area contributed by atoms with Gasteiger partial charge in [0.15, 0.2) is 9.84 Å². The van der Waals surface area contributed by atoms with Gasteiger partial charge < -0.3 is 15.2 Å². The second-order valence-electron chi connectivity index (χ2n) is 6.30. The molecule has 8 heteroatoms. The molecule has 1 saturated carbocycles. The van der Waals surface area contributed by atoms with Gasteiger partial charge in [-0.25, -0.2) is 8.42 Å². The molecule has 2 rings (SSSR count). The lowest BCUT2D eigenvalue weighted by molar-refractivity contribution is -0.142. The van der Waals surface area contributed by atoms with Crippen molar-refractivity contribution in [1.82, 2.24) is 5.32 Å². The molecule has 1 aromatic rings. The van der Waals surface area contributed by atoms with Gasteiger partial charge in [0.1, 0.15) is 5.75 Å². The zero-order valence-corrected chi connectivity index (χ0v) is 15.1. The van der Waals surface area contributed by atoms with E-state index in [1.54, 1.807) is 0 Å². The van der Waals surface area contributed by atoms with Gasteiger partial charge in [0.25, 0.3) is 5.91 Å². The van der Waals surface area contributed by atoms with E-state index in [9.17, 15) is 23.1 Å². The number of carbonyl (C=O) groups excluding carboxylic acids is 1. The molecular weight excluding hydrogens is 346 g/mol. The van der Waals surface area contributed by atoms with Gasteiger partial charge in [0.05, 0.1) is 23.5 Å². The predicted molar refractivity (Wildman–Crippen MR) is 91.6 cm³/mol. The molecule has 0 aliphatic heterocycles. The fraction of sp³-hybridized carbons (Fsp3) is 0.529. The van der Waals surface area contributed by atoms with E-state index in [0.29, 0.717) is 12.8 Å². The molecule has 7 nitrogen and oxygen atoms in total. The number of amides is 1. The van der Waals surface area contributed by atoms with Crippen LogP contribution in [-0.4, -0.2) is 44.8 Å². The van der Waals surface area contributed by atoms with Crippen LogP contribution in [0.2, 0.25) is 0 Å². The second kappa shape index (κ2) is 7.86. The van der Waals surface area contributed by atoms with Crippen LogP contribution in [0.1, 0.15) is 42.5 Å². The van der Waals surface area contributed by atoms with Gasteiger partial charge in [0, 0.05) is 12.3 Å². The van der Waals surface area contributed by atoms with E-state index >= 15 is 0 Å². The molecule has 2 N–H and O–H groups in total. The molecule has 1 amide bonds. The minimum atomic E-state index is -3.48. The van der Waals surface area contributed by atoms with Gasteiger partial charge in [-0.2, -0.15) is 0 Å². The van der Waals surface area contributed by atoms with Crippen molar-refractivity contribution in [2.45, 2.75) is 43.0 Å². The fourth-order valence-corrected chi connectivity index (χ4v) is 3.76. The molecule has 0 radical (unpaired) electrons. The van der Waals surface area contributed by atoms with Crippen LogP contribution in [0.3, 0.4) is 0 Å². The van der Waals surface area contributed by atoms with Crippen molar-refractivity contribution < 1.29 is 27.9 Å². The Hall–Kier alpha value is -2.09. The number of carbonyl (C=O) groups is 2. The molecule has 1 aromatic carbocycles. The van der Waals surface area contributed by atoms with Gasteiger partial charge in [-0.1, -0.05) is 19.3 Å². The number of ether oxygens (including phenoxy) is 1. The first-order valence-corrected chi connectivity index (χ1v) is 10.0. The summed E-state index contributed by atoms with van der Waals surface area (Å²) in [5.74, 6) is -1.86. The zero-order valence-electron chi connectivity index (χ0n) is 14.3. The Morgan fingerprint density at radius 2 is 1.88 bits per heavy atom. The highest BCUT2D eigenvalue weighted by molar-refractivity contribution is 7.90. The van der Waals surface area contributed by atoms with Crippen molar-refractivity contribution in [3.63, 3.8) is 0 Å². The number of aliphatic carboxylic acids is 1. The Kier molecular flexibility index (Phi) is 6.05. The average Bonchev–Trinajstić information content (AvgIpc) is 2.78. The average molecular weight is 369 g/mol. The van der Waals surface area contributed by atoms with Crippen LogP contribution in [0, 0.1) is 5.92 Å². The van der Waals surface area contributed by atoms with Crippen LogP contribution >= 0.6 is 0 Å². The maximum Gasteiger partial charge on any atom is 0.308 e. The van der Waals surface area contributed by atoms with Crippen LogP contribution in [0.25, 0.3) is 0 Å². The number of rotatable bonds is 5. The highest BCUT2D eigenvalue weighted by Crippen LogP contribution is 2.26. The van der Waals surface area contributed by atoms with Crippen LogP contribution < -0.4 is 10.1 Å². The summed E-state index contributed by atoms with van der Waals surface area (Å²) in [6.45, 7) is 0. The third-order valence-corrected chi connectivity index (χ3v) is 5.60. The molecule has 1 aliphatic carbocycles. The second-order valence-corrected chi connectivity index (χ2v) is 8.31. The molecule has 1 fully saturated rings. The van der Waals surface area contributed by atoms with Crippen LogP contribution in [-0.2, 0) is 14.6 Å². The van der Waals surface area contributed by atoms with E-state index in [0.717, 1.165) is 25.5 Å². The lowest BCUT2D eigenvalue weighted by atomic mass is 9.94. The monoisotopic (exact) mass is 369 g/mol. The quantitative estimate of drug-likeness (QED) is 0.767. The van der Waals surface area contributed by atoms with E-state index in [1.807, 2.05) is 0 Å². The Bertz CT molecular complexity index is 758. The van der Waals surface area contributed by atoms with Crippen molar-refractivity contribution in [2.75, 3.05) is 13.4 Å². The summed E-state index contributed by atoms with van der Waals surface area (Å²) in [6, 6.07) is 3.57. The third-order valence-electron chi connectivity index (χ3n) is 4.49. The maximum atomic E-state index is 12.7. The largest absolute Gasteiger partial charge is 0.496 e. The highest BCUT2D eigenvalue weighted by Gasteiger charge is 2.31. The van der Waals surface area contributed by atoms with E-state index in [4.69, 9.17) is 4.74 Å². The standard InChI is InChI=1S/C17H23NO6S/c1-24-15-9-8-11(25(2,22)23)10-13(15)16(19)18-14-7-5-3-4-6-12(14)17(20)21/h8-10,12,14H,3-7H2,1-2H3,(H,18,19)(H,20,21)/t12-,14+/m1/s1. The summed E-state index contributed by atoms with van der Waals surface area (Å²) in [6.07, 6.45) is 4.74. The lowest BCUT2D eigenvalue weighted by Gasteiger charge is -2.23. The highest BCUT2D eigenvalue weighted by atomic mass is 32.2. The molecule has 1 aliphatic rings. The van der Waals surface area contributed by atoms with Gasteiger partial charge >= 0.3 is 5.97 Å². The first-order chi connectivity index (χ1) is 11.7. The number of nitrogens with one attached hydrogen (secondary N) is 1. The number of hydrogen-bond acceptors (Lipinski definition) is 5. The normalized spacial score (nSPS) is 21.2. The van der Waals surface area contributed by atoms with Crippen molar-refractivity contribution >= 4 is 21.7 Å². The summed E-state index contributed by atoms with van der Waals surface area (Å²) in [5, 5.41) is 12.2. The molecule has 0 heterocycles. The Labute approximate surface area is 147 Å². The van der Waals surface area contributed by atoms with Gasteiger partial charge in [-0.05, 0) is 31.0 Å². The van der Waals surface area contributed by atoms with E-state index in [-0.39, 0.29) is 16.2 Å². The summed E-state index contributed by atoms with van der Waals surface area (Å²) in [5.41, 5.74) is 0.0822. The minimum Gasteiger partial charge on any atom is -0.496 e. The molecule has 25 heavy (non-hydrogen) atoms. The van der Waals surface area contributed by atoms with Crippen molar-refractivity contribution in [3.8, 4) is 5.75 Å². The Morgan fingerprint density at radius 1 is 1.20 bits per heavy atom. The number of methoxy groups -OCH3 is 1. The third kappa shape index (κ3) is 4.72. The van der Waals surface area contributed by atoms with Crippen LogP contribution in [0.4, 0.5) is 0 Å². The van der Waals surface area contributed by atoms with Crippen molar-refractivity contribution in [3.05, 3.63) is 23.8 Å². The molecule has 0 unspecified atom stereocenters. The summed E-state index contributed by atoms with van der Waals surface area (Å²) < 4.78 is 28.6. The molecule has 2 atom stereocenters. The number of benzene rings is 1. The molecule has 138 valence electrons. The SMILES string of the molecule is COc1ccc(S(C)(=O)=O)cc1C(=O)N[C@H]1CCCCC[C@H]1C(=O)O. The first kappa shape index (κ1) is 19.2. The first-order valence-electron chi connectivity index (χ1n) is 8.16. The predicted octanol–water partition coefficient (Wildman–Crippen LogP) is 1.86. The van der Waals surface area contributed by atoms with Gasteiger partial charge in [-0.3, -0.25) is 9.59 Å². The summed E-state index contributed by atoms with van der Waals surface area (Å²) >= 11 is 0. The van der Waals surface area contributed by atoms with Gasteiger partial charge in [-0.15, -0.1) is 0 Å². The Morgan fingerprint density at radius 3 is 2.48 bits per heavy atom. The maximum absolute atomic E-state index is 12.7. The van der Waals surface area contributed by atoms with E-state index < -0.39 is 33.7 Å². The van der Waals surface area contributed by atoms with Crippen LogP contribution in [0.5, 0.6) is 5.75 Å². The number of carboxylic acids is 1. The van der Waals surface area contributed by atoms with Gasteiger partial charge in [0.2, 0.25) is 0 Å². The van der Waals surface area contributed by atoms with E-state index in [2.05, 4.69) is 5.32 Å². The molecule has 0 spiro atoms. The summed E-state index contributed by atoms with van der Waals surface area (Å²) in [7, 11) is -2.09. The topological polar surface area (TPSA) is 110 Å². The van der Waals surface area contributed by atoms with Crippen LogP contribution in [0.15, 0.2) is 23.1 Å². The molecule has 0 saturated heterocycles. The van der Waals surface area contributed by atoms with Crippen molar-refractivity contribution in [1.29, 1.82) is 0 Å². The Balaban J connectivity index is 2.31. The number of carboxylic acid groups (broad SMARTS) is 1. The number of sulfone groups is 1. The number of hydrogen-bond donors (Lipinski definition) is 2. The lowest BCUT2D eigenvalue weighted by Crippen LogP contribution is -2.43. The van der Waals surface area contributed by atoms with Crippen molar-refractivity contribution in [2.24, 2.45) is 5.92 Å². The minimum absolute atomic E-state index is 0.00843. The molecular formula is C17H23NO6S. The molecule has 0 bridgehead atoms. The smallest absolute Gasteiger partial charge is 0.308 e. The zero-order chi connectivity index (χ0) is 18.6. The molecule has 0 aromatic heterocycles.